The van der Waals surface area contributed by atoms with Crippen LogP contribution in [0.25, 0.3) is 0 Å². The molecule has 0 aliphatic rings. The van der Waals surface area contributed by atoms with Crippen LogP contribution in [0.3, 0.4) is 0 Å². The summed E-state index contributed by atoms with van der Waals surface area (Å²) in [6.45, 7) is 3.39. The Balaban J connectivity index is 2.86. The summed E-state index contributed by atoms with van der Waals surface area (Å²) in [4.78, 5) is 15.4. The van der Waals surface area contributed by atoms with E-state index in [9.17, 15) is 9.18 Å². The average Bonchev–Trinajstić information content (AvgIpc) is 2.40. The van der Waals surface area contributed by atoms with Crippen LogP contribution in [0, 0.1) is 5.82 Å². The Hall–Kier alpha value is -1.46. The molecule has 1 unspecified atom stereocenters. The van der Waals surface area contributed by atoms with Gasteiger partial charge >= 0.3 is 0 Å². The van der Waals surface area contributed by atoms with E-state index in [0.717, 1.165) is 5.56 Å². The van der Waals surface area contributed by atoms with Crippen LogP contribution >= 0.6 is 0 Å². The molecule has 0 fully saturated rings. The highest BCUT2D eigenvalue weighted by atomic mass is 19.1. The first-order valence-corrected chi connectivity index (χ1v) is 6.39. The van der Waals surface area contributed by atoms with Crippen LogP contribution in [0.1, 0.15) is 18.5 Å². The van der Waals surface area contributed by atoms with E-state index in [2.05, 4.69) is 0 Å². The van der Waals surface area contributed by atoms with Crippen molar-refractivity contribution in [3.8, 4) is 0 Å². The fraction of sp³-hybridized carbons (Fsp3) is 0.500. The molecule has 5 heteroatoms. The minimum atomic E-state index is -0.271. The Morgan fingerprint density at radius 3 is 2.32 bits per heavy atom. The van der Waals surface area contributed by atoms with Gasteiger partial charge in [0.15, 0.2) is 0 Å². The molecule has 0 aliphatic heterocycles. The standard InChI is InChI=1S/C14H22FN3O/c1-4-18(10-14(19)17(2)3)13(9-16)11-5-7-12(15)8-6-11/h5-8,13H,4,9-10,16H2,1-3H3. The van der Waals surface area contributed by atoms with Gasteiger partial charge in [-0.3, -0.25) is 9.69 Å². The monoisotopic (exact) mass is 267 g/mol. The predicted octanol–water partition coefficient (Wildman–Crippen LogP) is 1.24. The number of carbonyl (C=O) groups excluding carboxylic acids is 1. The molecule has 0 bridgehead atoms. The summed E-state index contributed by atoms with van der Waals surface area (Å²) in [5, 5.41) is 0. The molecule has 1 aromatic carbocycles. The molecular formula is C14H22FN3O. The molecule has 19 heavy (non-hydrogen) atoms. The number of likely N-dealkylation sites (N-methyl/N-ethyl adjacent to an activating group) is 2. The lowest BCUT2D eigenvalue weighted by molar-refractivity contribution is -0.130. The highest BCUT2D eigenvalue weighted by Gasteiger charge is 2.20. The first-order chi connectivity index (χ1) is 8.99. The van der Waals surface area contributed by atoms with Gasteiger partial charge in [0.2, 0.25) is 5.91 Å². The molecule has 0 spiro atoms. The van der Waals surface area contributed by atoms with Gasteiger partial charge in [-0.2, -0.15) is 0 Å². The third-order valence-electron chi connectivity index (χ3n) is 3.16. The third kappa shape index (κ3) is 4.29. The van der Waals surface area contributed by atoms with Crippen molar-refractivity contribution in [2.24, 2.45) is 5.73 Å². The number of nitrogens with two attached hydrogens (primary N) is 1. The fourth-order valence-corrected chi connectivity index (χ4v) is 1.94. The summed E-state index contributed by atoms with van der Waals surface area (Å²) in [6.07, 6.45) is 0. The van der Waals surface area contributed by atoms with Crippen LogP contribution in [0.2, 0.25) is 0 Å². The summed E-state index contributed by atoms with van der Waals surface area (Å²) in [5.74, 6) is -0.241. The molecule has 0 saturated heterocycles. The molecule has 1 amide bonds. The zero-order valence-corrected chi connectivity index (χ0v) is 11.8. The number of rotatable bonds is 6. The van der Waals surface area contributed by atoms with Gasteiger partial charge in [-0.05, 0) is 24.2 Å². The summed E-state index contributed by atoms with van der Waals surface area (Å²) in [5.41, 5.74) is 6.74. The van der Waals surface area contributed by atoms with E-state index in [1.807, 2.05) is 11.8 Å². The first kappa shape index (κ1) is 15.6. The van der Waals surface area contributed by atoms with Crippen molar-refractivity contribution in [2.75, 3.05) is 33.7 Å². The number of hydrogen-bond donors (Lipinski definition) is 1. The van der Waals surface area contributed by atoms with Crippen LogP contribution in [0.4, 0.5) is 4.39 Å². The van der Waals surface area contributed by atoms with Gasteiger partial charge in [0.05, 0.1) is 6.54 Å². The van der Waals surface area contributed by atoms with Gasteiger partial charge in [-0.1, -0.05) is 19.1 Å². The molecule has 0 aliphatic carbocycles. The van der Waals surface area contributed by atoms with Crippen LogP contribution < -0.4 is 5.73 Å². The molecular weight excluding hydrogens is 245 g/mol. The molecule has 4 nitrogen and oxygen atoms in total. The van der Waals surface area contributed by atoms with Crippen LogP contribution in [-0.4, -0.2) is 49.4 Å². The summed E-state index contributed by atoms with van der Waals surface area (Å²) in [6, 6.07) is 6.19. The smallest absolute Gasteiger partial charge is 0.236 e. The lowest BCUT2D eigenvalue weighted by atomic mass is 10.1. The second kappa shape index (κ2) is 7.21. The second-order valence-corrected chi connectivity index (χ2v) is 4.65. The number of hydrogen-bond acceptors (Lipinski definition) is 3. The number of carbonyl (C=O) groups is 1. The maximum absolute atomic E-state index is 12.9. The van der Waals surface area contributed by atoms with Crippen LogP contribution in [-0.2, 0) is 4.79 Å². The average molecular weight is 267 g/mol. The van der Waals surface area contributed by atoms with Crippen molar-refractivity contribution in [2.45, 2.75) is 13.0 Å². The molecule has 2 N–H and O–H groups in total. The Kier molecular flexibility index (Phi) is 5.92. The van der Waals surface area contributed by atoms with E-state index >= 15 is 0 Å². The maximum atomic E-state index is 12.9. The largest absolute Gasteiger partial charge is 0.348 e. The van der Waals surface area contributed by atoms with Crippen LogP contribution in [0.5, 0.6) is 0 Å². The van der Waals surface area contributed by atoms with E-state index < -0.39 is 0 Å². The molecule has 0 aromatic heterocycles. The van der Waals surface area contributed by atoms with E-state index in [4.69, 9.17) is 5.73 Å². The maximum Gasteiger partial charge on any atom is 0.236 e. The SMILES string of the molecule is CCN(CC(=O)N(C)C)C(CN)c1ccc(F)cc1. The van der Waals surface area contributed by atoms with Crippen molar-refractivity contribution in [1.82, 2.24) is 9.80 Å². The summed E-state index contributed by atoms with van der Waals surface area (Å²) >= 11 is 0. The minimum absolute atomic E-state index is 0.0300. The molecule has 1 rings (SSSR count). The molecule has 1 aromatic rings. The summed E-state index contributed by atoms with van der Waals surface area (Å²) in [7, 11) is 3.46. The van der Waals surface area contributed by atoms with Gasteiger partial charge in [0, 0.05) is 26.7 Å². The van der Waals surface area contributed by atoms with Gasteiger partial charge in [0.25, 0.3) is 0 Å². The summed E-state index contributed by atoms with van der Waals surface area (Å²) < 4.78 is 12.9. The molecule has 1 atom stereocenters. The molecule has 0 radical (unpaired) electrons. The van der Waals surface area contributed by atoms with Crippen molar-refractivity contribution >= 4 is 5.91 Å². The van der Waals surface area contributed by atoms with E-state index in [1.165, 1.54) is 12.1 Å². The zero-order valence-electron chi connectivity index (χ0n) is 11.8. The zero-order chi connectivity index (χ0) is 14.4. The minimum Gasteiger partial charge on any atom is -0.348 e. The van der Waals surface area contributed by atoms with E-state index in [0.29, 0.717) is 19.6 Å². The van der Waals surface area contributed by atoms with Crippen LogP contribution in [0.15, 0.2) is 24.3 Å². The lowest BCUT2D eigenvalue weighted by Crippen LogP contribution is -2.41. The van der Waals surface area contributed by atoms with Crippen molar-refractivity contribution in [1.29, 1.82) is 0 Å². The van der Waals surface area contributed by atoms with E-state index in [1.54, 1.807) is 31.1 Å². The van der Waals surface area contributed by atoms with Gasteiger partial charge < -0.3 is 10.6 Å². The molecule has 106 valence electrons. The third-order valence-corrected chi connectivity index (χ3v) is 3.16. The molecule has 0 heterocycles. The fourth-order valence-electron chi connectivity index (χ4n) is 1.94. The normalized spacial score (nSPS) is 12.5. The molecule has 0 saturated carbocycles. The predicted molar refractivity (Wildman–Crippen MR) is 74.1 cm³/mol. The number of amides is 1. The van der Waals surface area contributed by atoms with Crippen molar-refractivity contribution in [3.05, 3.63) is 35.6 Å². The number of halogens is 1. The number of nitrogens with zero attached hydrogens (tertiary/aromatic N) is 2. The van der Waals surface area contributed by atoms with Gasteiger partial charge in [0.1, 0.15) is 5.82 Å². The highest BCUT2D eigenvalue weighted by molar-refractivity contribution is 5.77. The Bertz CT molecular complexity index is 406. The lowest BCUT2D eigenvalue weighted by Gasteiger charge is -2.30. The number of benzene rings is 1. The Morgan fingerprint density at radius 2 is 1.89 bits per heavy atom. The van der Waals surface area contributed by atoms with Gasteiger partial charge in [-0.25, -0.2) is 4.39 Å². The second-order valence-electron chi connectivity index (χ2n) is 4.65. The quantitative estimate of drug-likeness (QED) is 0.843. The first-order valence-electron chi connectivity index (χ1n) is 6.39. The highest BCUT2D eigenvalue weighted by Crippen LogP contribution is 2.19. The van der Waals surface area contributed by atoms with Crippen molar-refractivity contribution < 1.29 is 9.18 Å². The van der Waals surface area contributed by atoms with Crippen molar-refractivity contribution in [3.63, 3.8) is 0 Å². The topological polar surface area (TPSA) is 49.6 Å². The Labute approximate surface area is 114 Å². The Morgan fingerprint density at radius 1 is 1.32 bits per heavy atom. The van der Waals surface area contributed by atoms with E-state index in [-0.39, 0.29) is 17.8 Å². The van der Waals surface area contributed by atoms with Gasteiger partial charge in [-0.15, -0.1) is 0 Å².